The minimum Gasteiger partial charge on any atom is -0.335 e. The smallest absolute Gasteiger partial charge is 0.335 e. The van der Waals surface area contributed by atoms with Crippen molar-refractivity contribution in [1.29, 1.82) is 0 Å². The van der Waals surface area contributed by atoms with E-state index in [1.165, 1.54) is 21.2 Å². The van der Waals surface area contributed by atoms with Crippen molar-refractivity contribution < 1.29 is 14.6 Å². The average molecular weight is 406 g/mol. The first-order valence-corrected chi connectivity index (χ1v) is 10.3. The molecule has 5 heteroatoms. The SMILES string of the molecule is CC(C)(C)OOC(=O)c1cccc(CN2c3ccccc3Sc3ccccc32)c1. The van der Waals surface area contributed by atoms with Crippen molar-refractivity contribution in [1.82, 2.24) is 0 Å². The number of carbonyl (C=O) groups excluding carboxylic acids is 1. The van der Waals surface area contributed by atoms with Crippen LogP contribution in [0.3, 0.4) is 0 Å². The van der Waals surface area contributed by atoms with E-state index in [0.29, 0.717) is 12.1 Å². The van der Waals surface area contributed by atoms with Gasteiger partial charge in [0.15, 0.2) is 0 Å². The topological polar surface area (TPSA) is 38.8 Å². The lowest BCUT2D eigenvalue weighted by atomic mass is 10.1. The second-order valence-electron chi connectivity index (χ2n) is 7.89. The first-order valence-electron chi connectivity index (χ1n) is 9.53. The fourth-order valence-electron chi connectivity index (χ4n) is 3.14. The van der Waals surface area contributed by atoms with Crippen molar-refractivity contribution in [2.75, 3.05) is 4.90 Å². The quantitative estimate of drug-likeness (QED) is 0.372. The average Bonchev–Trinajstić information content (AvgIpc) is 2.71. The molecule has 1 aliphatic heterocycles. The van der Waals surface area contributed by atoms with E-state index in [2.05, 4.69) is 53.4 Å². The highest BCUT2D eigenvalue weighted by molar-refractivity contribution is 7.99. The zero-order valence-corrected chi connectivity index (χ0v) is 17.5. The molecule has 0 amide bonds. The van der Waals surface area contributed by atoms with Crippen LogP contribution in [0.5, 0.6) is 0 Å². The van der Waals surface area contributed by atoms with Crippen molar-refractivity contribution in [3.05, 3.63) is 83.9 Å². The van der Waals surface area contributed by atoms with E-state index in [1.807, 2.05) is 39.0 Å². The minimum atomic E-state index is -0.549. The van der Waals surface area contributed by atoms with Crippen molar-refractivity contribution >= 4 is 29.1 Å². The number of rotatable bonds is 4. The number of fused-ring (bicyclic) bond motifs is 2. The predicted octanol–water partition coefficient (Wildman–Crippen LogP) is 6.38. The van der Waals surface area contributed by atoms with Crippen molar-refractivity contribution in [2.45, 2.75) is 42.7 Å². The van der Waals surface area contributed by atoms with Gasteiger partial charge in [0.1, 0.15) is 5.60 Å². The Morgan fingerprint density at radius 3 is 2.14 bits per heavy atom. The Balaban J connectivity index is 1.61. The molecule has 0 aliphatic carbocycles. The molecule has 0 atom stereocenters. The lowest BCUT2D eigenvalue weighted by Crippen LogP contribution is -2.22. The molecule has 4 nitrogen and oxygen atoms in total. The van der Waals surface area contributed by atoms with Gasteiger partial charge in [0.2, 0.25) is 0 Å². The highest BCUT2D eigenvalue weighted by Crippen LogP contribution is 2.48. The molecule has 3 aromatic carbocycles. The first kappa shape index (κ1) is 19.6. The Bertz CT molecular complexity index is 997. The summed E-state index contributed by atoms with van der Waals surface area (Å²) in [5.41, 5.74) is 3.28. The van der Waals surface area contributed by atoms with Crippen LogP contribution < -0.4 is 4.90 Å². The molecule has 0 radical (unpaired) electrons. The lowest BCUT2D eigenvalue weighted by Gasteiger charge is -2.32. The molecule has 0 N–H and O–H groups in total. The van der Waals surface area contributed by atoms with Crippen LogP contribution in [-0.2, 0) is 16.3 Å². The number of hydrogen-bond donors (Lipinski definition) is 0. The van der Waals surface area contributed by atoms with E-state index in [9.17, 15) is 4.79 Å². The van der Waals surface area contributed by atoms with Crippen LogP contribution in [0.1, 0.15) is 36.7 Å². The van der Waals surface area contributed by atoms with Gasteiger partial charge in [-0.1, -0.05) is 48.2 Å². The second-order valence-corrected chi connectivity index (χ2v) is 8.97. The zero-order valence-electron chi connectivity index (χ0n) is 16.7. The molecule has 0 spiro atoms. The number of nitrogens with zero attached hydrogens (tertiary/aromatic N) is 1. The highest BCUT2D eigenvalue weighted by atomic mass is 32.2. The van der Waals surface area contributed by atoms with Gasteiger partial charge < -0.3 is 4.90 Å². The Morgan fingerprint density at radius 2 is 1.52 bits per heavy atom. The second kappa shape index (κ2) is 7.93. The van der Waals surface area contributed by atoms with Crippen LogP contribution in [-0.4, -0.2) is 11.6 Å². The van der Waals surface area contributed by atoms with E-state index >= 15 is 0 Å². The monoisotopic (exact) mass is 405 g/mol. The summed E-state index contributed by atoms with van der Waals surface area (Å²) in [5.74, 6) is -0.489. The van der Waals surface area contributed by atoms with E-state index in [1.54, 1.807) is 17.8 Å². The summed E-state index contributed by atoms with van der Waals surface area (Å²) in [6.07, 6.45) is 0. The molecule has 0 fully saturated rings. The maximum absolute atomic E-state index is 12.4. The van der Waals surface area contributed by atoms with E-state index in [0.717, 1.165) is 5.56 Å². The zero-order chi connectivity index (χ0) is 20.4. The number of hydrogen-bond acceptors (Lipinski definition) is 5. The van der Waals surface area contributed by atoms with Gasteiger partial charge in [-0.2, -0.15) is 4.89 Å². The summed E-state index contributed by atoms with van der Waals surface area (Å²) in [7, 11) is 0. The van der Waals surface area contributed by atoms with Gasteiger partial charge in [-0.25, -0.2) is 4.79 Å². The van der Waals surface area contributed by atoms with E-state index in [4.69, 9.17) is 9.78 Å². The molecule has 29 heavy (non-hydrogen) atoms. The summed E-state index contributed by atoms with van der Waals surface area (Å²) in [5, 5.41) is 0. The molecular weight excluding hydrogens is 382 g/mol. The molecule has 0 bridgehead atoms. The number of carbonyl (C=O) groups is 1. The number of anilines is 2. The lowest BCUT2D eigenvalue weighted by molar-refractivity contribution is -0.301. The number of benzene rings is 3. The van der Waals surface area contributed by atoms with Crippen molar-refractivity contribution in [2.24, 2.45) is 0 Å². The highest BCUT2D eigenvalue weighted by Gasteiger charge is 2.23. The standard InChI is InChI=1S/C24H23NO3S/c1-24(2,3)28-27-23(26)18-10-8-9-17(15-18)16-25-19-11-4-6-13-21(19)29-22-14-7-5-12-20(22)25/h4-15H,16H2,1-3H3. The fraction of sp³-hybridized carbons (Fsp3) is 0.208. The Labute approximate surface area is 175 Å². The minimum absolute atomic E-state index is 0.472. The first-order chi connectivity index (χ1) is 13.9. The Hall–Kier alpha value is -2.76. The van der Waals surface area contributed by atoms with Gasteiger partial charge in [-0.15, -0.1) is 0 Å². The van der Waals surface area contributed by atoms with Crippen LogP contribution in [0, 0.1) is 0 Å². The third-order valence-corrected chi connectivity index (χ3v) is 5.53. The third kappa shape index (κ3) is 4.47. The largest absolute Gasteiger partial charge is 0.373 e. The van der Waals surface area contributed by atoms with Crippen molar-refractivity contribution in [3.8, 4) is 0 Å². The molecule has 3 aromatic rings. The molecule has 0 saturated carbocycles. The molecule has 0 unspecified atom stereocenters. The molecular formula is C24H23NO3S. The Kier molecular flexibility index (Phi) is 5.35. The van der Waals surface area contributed by atoms with Crippen molar-refractivity contribution in [3.63, 3.8) is 0 Å². The molecule has 1 heterocycles. The maximum Gasteiger partial charge on any atom is 0.373 e. The molecule has 0 aromatic heterocycles. The van der Waals surface area contributed by atoms with Gasteiger partial charge in [0.05, 0.1) is 16.9 Å². The fourth-order valence-corrected chi connectivity index (χ4v) is 4.24. The van der Waals surface area contributed by atoms with Crippen LogP contribution >= 0.6 is 11.8 Å². The van der Waals surface area contributed by atoms with Crippen LogP contribution in [0.2, 0.25) is 0 Å². The van der Waals surface area contributed by atoms with Crippen LogP contribution in [0.15, 0.2) is 82.6 Å². The number of para-hydroxylation sites is 2. The van der Waals surface area contributed by atoms with E-state index < -0.39 is 11.6 Å². The molecule has 0 saturated heterocycles. The van der Waals surface area contributed by atoms with Gasteiger partial charge in [0.25, 0.3) is 0 Å². The summed E-state index contributed by atoms with van der Waals surface area (Å²) < 4.78 is 0. The summed E-state index contributed by atoms with van der Waals surface area (Å²) in [6, 6.07) is 24.3. The third-order valence-electron chi connectivity index (χ3n) is 4.40. The predicted molar refractivity (Wildman–Crippen MR) is 116 cm³/mol. The van der Waals surface area contributed by atoms with Gasteiger partial charge >= 0.3 is 5.97 Å². The summed E-state index contributed by atoms with van der Waals surface area (Å²) >= 11 is 1.78. The van der Waals surface area contributed by atoms with Crippen LogP contribution in [0.4, 0.5) is 11.4 Å². The van der Waals surface area contributed by atoms with Gasteiger partial charge in [-0.3, -0.25) is 4.89 Å². The van der Waals surface area contributed by atoms with E-state index in [-0.39, 0.29) is 0 Å². The summed E-state index contributed by atoms with van der Waals surface area (Å²) in [4.78, 5) is 27.3. The maximum atomic E-state index is 12.4. The van der Waals surface area contributed by atoms with Gasteiger partial charge in [0, 0.05) is 16.3 Å². The van der Waals surface area contributed by atoms with Gasteiger partial charge in [-0.05, 0) is 62.7 Å². The summed E-state index contributed by atoms with van der Waals surface area (Å²) in [6.45, 7) is 6.15. The molecule has 148 valence electrons. The normalized spacial score (nSPS) is 12.9. The van der Waals surface area contributed by atoms with Crippen LogP contribution in [0.25, 0.3) is 0 Å². The molecule has 4 rings (SSSR count). The Morgan fingerprint density at radius 1 is 0.897 bits per heavy atom. The molecule has 1 aliphatic rings.